The molecule has 0 saturated carbocycles. The molecule has 0 aromatic carbocycles. The maximum Gasteiger partial charge on any atom is 0.409 e. The molecule has 1 atom stereocenters. The summed E-state index contributed by atoms with van der Waals surface area (Å²) in [6.07, 6.45) is 8.40. The van der Waals surface area contributed by atoms with Gasteiger partial charge in [-0.25, -0.2) is 4.79 Å². The minimum Gasteiger partial charge on any atom is -0.449 e. The molecule has 7 nitrogen and oxygen atoms in total. The van der Waals surface area contributed by atoms with Crippen LogP contribution in [-0.2, 0) is 22.4 Å². The molecule has 2 heterocycles. The predicted octanol–water partition coefficient (Wildman–Crippen LogP) is 3.47. The molecule has 2 aromatic heterocycles. The molecule has 1 N–H and O–H groups in total. The zero-order chi connectivity index (χ0) is 20.8. The molecular weight excluding hydrogens is 388 g/mol. The Morgan fingerprint density at radius 1 is 1.48 bits per heavy atom. The van der Waals surface area contributed by atoms with Crippen molar-refractivity contribution < 1.29 is 14.3 Å². The summed E-state index contributed by atoms with van der Waals surface area (Å²) in [5.74, 6) is -0.0777. The van der Waals surface area contributed by atoms with Gasteiger partial charge in [0.15, 0.2) is 0 Å². The van der Waals surface area contributed by atoms with E-state index < -0.39 is 0 Å². The number of nitriles is 1. The van der Waals surface area contributed by atoms with Crippen LogP contribution in [0.5, 0.6) is 0 Å². The van der Waals surface area contributed by atoms with Gasteiger partial charge in [-0.3, -0.25) is 9.78 Å². The van der Waals surface area contributed by atoms with Gasteiger partial charge in [0.05, 0.1) is 12.2 Å². The van der Waals surface area contributed by atoms with Gasteiger partial charge in [-0.2, -0.15) is 5.26 Å². The molecule has 1 aliphatic rings. The largest absolute Gasteiger partial charge is 0.449 e. The number of nitrogens with zero attached hydrogens (tertiary/aromatic N) is 3. The number of amides is 2. The molecule has 0 aliphatic heterocycles. The monoisotopic (exact) mass is 410 g/mol. The van der Waals surface area contributed by atoms with Crippen LogP contribution in [0.15, 0.2) is 30.6 Å². The van der Waals surface area contributed by atoms with Crippen molar-refractivity contribution in [3.8, 4) is 6.07 Å². The van der Waals surface area contributed by atoms with Gasteiger partial charge in [-0.1, -0.05) is 6.07 Å². The molecule has 8 heteroatoms. The van der Waals surface area contributed by atoms with Crippen LogP contribution in [0.25, 0.3) is 6.08 Å². The lowest BCUT2D eigenvalue weighted by Crippen LogP contribution is -2.27. The molecule has 0 unspecified atom stereocenters. The minimum atomic E-state index is -0.354. The van der Waals surface area contributed by atoms with E-state index in [-0.39, 0.29) is 17.9 Å². The molecule has 29 heavy (non-hydrogen) atoms. The minimum absolute atomic E-state index is 0.214. The maximum atomic E-state index is 12.3. The van der Waals surface area contributed by atoms with Crippen LogP contribution in [0.4, 0.5) is 9.80 Å². The Hall–Kier alpha value is -3.18. The first kappa shape index (κ1) is 20.6. The first-order valence-corrected chi connectivity index (χ1v) is 10.1. The fourth-order valence-corrected chi connectivity index (χ4v) is 4.44. The normalized spacial score (nSPS) is 15.4. The number of fused-ring (bicyclic) bond motifs is 1. The molecule has 150 valence electrons. The van der Waals surface area contributed by atoms with Crippen molar-refractivity contribution in [2.45, 2.75) is 19.3 Å². The number of pyridine rings is 1. The van der Waals surface area contributed by atoms with E-state index in [0.717, 1.165) is 35.3 Å². The number of thiophene rings is 1. The third-order valence-corrected chi connectivity index (χ3v) is 5.80. The lowest BCUT2D eigenvalue weighted by molar-refractivity contribution is -0.111. The fraction of sp³-hybridized carbons (Fsp3) is 0.333. The Morgan fingerprint density at radius 2 is 2.31 bits per heavy atom. The number of ether oxygens (including phenoxy) is 1. The second kappa shape index (κ2) is 9.34. The number of aromatic nitrogens is 1. The summed E-state index contributed by atoms with van der Waals surface area (Å²) in [4.78, 5) is 30.4. The Labute approximate surface area is 173 Å². The Kier molecular flexibility index (Phi) is 6.62. The van der Waals surface area contributed by atoms with Crippen molar-refractivity contribution >= 4 is 34.4 Å². The highest BCUT2D eigenvalue weighted by atomic mass is 32.1. The van der Waals surface area contributed by atoms with Crippen LogP contribution < -0.4 is 5.32 Å². The number of rotatable bonds is 5. The van der Waals surface area contributed by atoms with Crippen molar-refractivity contribution in [1.82, 2.24) is 9.88 Å². The lowest BCUT2D eigenvalue weighted by atomic mass is 9.88. The van der Waals surface area contributed by atoms with Crippen molar-refractivity contribution in [3.63, 3.8) is 0 Å². The maximum absolute atomic E-state index is 12.3. The summed E-state index contributed by atoms with van der Waals surface area (Å²) < 4.78 is 5.30. The van der Waals surface area contributed by atoms with Gasteiger partial charge in [0.1, 0.15) is 11.1 Å². The molecule has 0 saturated heterocycles. The Balaban J connectivity index is 1.66. The van der Waals surface area contributed by atoms with Crippen molar-refractivity contribution in [2.24, 2.45) is 5.92 Å². The van der Waals surface area contributed by atoms with Crippen LogP contribution in [0.2, 0.25) is 0 Å². The van der Waals surface area contributed by atoms with Gasteiger partial charge < -0.3 is 15.0 Å². The highest BCUT2D eigenvalue weighted by Crippen LogP contribution is 2.39. The summed E-state index contributed by atoms with van der Waals surface area (Å²) >= 11 is 1.43. The van der Waals surface area contributed by atoms with Crippen molar-refractivity contribution in [2.75, 3.05) is 26.0 Å². The van der Waals surface area contributed by atoms with Gasteiger partial charge in [0, 0.05) is 37.4 Å². The van der Waals surface area contributed by atoms with E-state index in [1.54, 1.807) is 38.6 Å². The predicted molar refractivity (Wildman–Crippen MR) is 111 cm³/mol. The van der Waals surface area contributed by atoms with Crippen molar-refractivity contribution in [3.05, 3.63) is 52.2 Å². The average molecular weight is 410 g/mol. The topological polar surface area (TPSA) is 95.3 Å². The number of anilines is 1. The van der Waals surface area contributed by atoms with Gasteiger partial charge in [0.25, 0.3) is 0 Å². The number of nitrogens with one attached hydrogen (secondary N) is 1. The average Bonchev–Trinajstić information content (AvgIpc) is 3.07. The van der Waals surface area contributed by atoms with E-state index in [2.05, 4.69) is 16.4 Å². The Bertz CT molecular complexity index is 960. The molecule has 0 radical (unpaired) electrons. The first-order valence-electron chi connectivity index (χ1n) is 9.25. The highest BCUT2D eigenvalue weighted by molar-refractivity contribution is 7.16. The highest BCUT2D eigenvalue weighted by Gasteiger charge is 2.27. The third kappa shape index (κ3) is 5.21. The lowest BCUT2D eigenvalue weighted by Gasteiger charge is -2.22. The van der Waals surface area contributed by atoms with E-state index in [4.69, 9.17) is 4.74 Å². The molecule has 1 aliphatic carbocycles. The molecule has 0 spiro atoms. The van der Waals surface area contributed by atoms with E-state index in [1.807, 2.05) is 6.07 Å². The van der Waals surface area contributed by atoms with E-state index >= 15 is 0 Å². The SMILES string of the molecule is CN(C)C(=O)OC[C@H]1CCc2c(sc(NC(=O)/C=C/c3cccnc3)c2C#N)C1. The number of hydrogen-bond donors (Lipinski definition) is 1. The van der Waals surface area contributed by atoms with E-state index in [9.17, 15) is 14.9 Å². The van der Waals surface area contributed by atoms with Gasteiger partial charge in [-0.15, -0.1) is 11.3 Å². The number of carbonyl (C=O) groups is 2. The second-order valence-corrected chi connectivity index (χ2v) is 8.11. The molecule has 2 amide bonds. The van der Waals surface area contributed by atoms with Crippen LogP contribution in [0.3, 0.4) is 0 Å². The fourth-order valence-electron chi connectivity index (χ4n) is 3.12. The first-order chi connectivity index (χ1) is 14.0. The van der Waals surface area contributed by atoms with Gasteiger partial charge >= 0.3 is 6.09 Å². The summed E-state index contributed by atoms with van der Waals surface area (Å²) in [6.45, 7) is 0.353. The second-order valence-electron chi connectivity index (χ2n) is 7.01. The van der Waals surface area contributed by atoms with E-state index in [1.165, 1.54) is 22.3 Å². The smallest absolute Gasteiger partial charge is 0.409 e. The number of hydrogen-bond acceptors (Lipinski definition) is 6. The zero-order valence-corrected chi connectivity index (χ0v) is 17.2. The van der Waals surface area contributed by atoms with Gasteiger partial charge in [0.2, 0.25) is 5.91 Å². The van der Waals surface area contributed by atoms with Crippen molar-refractivity contribution in [1.29, 1.82) is 5.26 Å². The molecular formula is C21H22N4O3S. The summed E-state index contributed by atoms with van der Waals surface area (Å²) in [5, 5.41) is 13.0. The summed E-state index contributed by atoms with van der Waals surface area (Å²) in [6, 6.07) is 5.88. The van der Waals surface area contributed by atoms with E-state index in [0.29, 0.717) is 17.2 Å². The molecule has 3 rings (SSSR count). The molecule has 0 bridgehead atoms. The zero-order valence-electron chi connectivity index (χ0n) is 16.3. The third-order valence-electron chi connectivity index (χ3n) is 4.64. The molecule has 2 aromatic rings. The summed E-state index contributed by atoms with van der Waals surface area (Å²) in [5.41, 5.74) is 2.36. The van der Waals surface area contributed by atoms with Crippen LogP contribution in [0, 0.1) is 17.2 Å². The number of carbonyl (C=O) groups excluding carboxylic acids is 2. The van der Waals surface area contributed by atoms with Gasteiger partial charge in [-0.05, 0) is 48.4 Å². The van der Waals surface area contributed by atoms with Crippen LogP contribution in [0.1, 0.15) is 28.0 Å². The summed E-state index contributed by atoms with van der Waals surface area (Å²) in [7, 11) is 3.30. The standard InChI is InChI=1S/C21H22N4O3S/c1-25(2)21(27)28-13-15-5-7-16-17(11-22)20(29-18(16)10-15)24-19(26)8-6-14-4-3-9-23-12-14/h3-4,6,8-9,12,15H,5,7,10,13H2,1-2H3,(H,24,26)/b8-6+/t15-/m0/s1. The Morgan fingerprint density at radius 3 is 3.00 bits per heavy atom. The molecule has 0 fully saturated rings. The van der Waals surface area contributed by atoms with Crippen LogP contribution >= 0.6 is 11.3 Å². The quantitative estimate of drug-likeness (QED) is 0.762. The van der Waals surface area contributed by atoms with Crippen LogP contribution in [-0.4, -0.2) is 42.6 Å².